The molecule has 4 rings (SSSR count). The summed E-state index contributed by atoms with van der Waals surface area (Å²) in [6.45, 7) is 0.797. The molecule has 1 amide bonds. The number of carbonyl (C=O) groups is 1. The quantitative estimate of drug-likeness (QED) is 0.612. The van der Waals surface area contributed by atoms with Gasteiger partial charge in [-0.15, -0.1) is 11.3 Å². The number of nitriles is 1. The SMILES string of the molecule is COc1ccc(-c2sc(C(=O)N3CCCC(O)C3)cc2-c2ccc(C#N)c(F)c2)cc1F. The van der Waals surface area contributed by atoms with Crippen molar-refractivity contribution in [3.8, 4) is 33.4 Å². The van der Waals surface area contributed by atoms with Crippen molar-refractivity contribution in [3.63, 3.8) is 0 Å². The highest BCUT2D eigenvalue weighted by molar-refractivity contribution is 7.18. The molecule has 0 bridgehead atoms. The summed E-state index contributed by atoms with van der Waals surface area (Å²) in [5, 5.41) is 19.0. The van der Waals surface area contributed by atoms with Crippen LogP contribution in [-0.2, 0) is 0 Å². The van der Waals surface area contributed by atoms with Crippen molar-refractivity contribution in [2.75, 3.05) is 20.2 Å². The molecule has 1 N–H and O–H groups in total. The fourth-order valence-corrected chi connectivity index (χ4v) is 4.95. The standard InChI is InChI=1S/C24H20F2N2O3S/c1-31-21-7-6-15(10-20(21)26)23-18(14-4-5-16(12-27)19(25)9-14)11-22(32-23)24(30)28-8-2-3-17(29)13-28/h4-7,9-11,17,29H,2-3,8,13H2,1H3. The van der Waals surface area contributed by atoms with Gasteiger partial charge in [0.15, 0.2) is 11.6 Å². The highest BCUT2D eigenvalue weighted by atomic mass is 32.1. The monoisotopic (exact) mass is 454 g/mol. The zero-order chi connectivity index (χ0) is 22.8. The number of benzene rings is 2. The molecule has 1 atom stereocenters. The molecule has 1 saturated heterocycles. The van der Waals surface area contributed by atoms with E-state index in [1.807, 2.05) is 0 Å². The van der Waals surface area contributed by atoms with Gasteiger partial charge < -0.3 is 14.7 Å². The number of aliphatic hydroxyl groups excluding tert-OH is 1. The second-order valence-electron chi connectivity index (χ2n) is 7.56. The largest absolute Gasteiger partial charge is 0.494 e. The first-order valence-electron chi connectivity index (χ1n) is 10.1. The molecule has 2 heterocycles. The lowest BCUT2D eigenvalue weighted by molar-refractivity contribution is 0.0478. The molecule has 1 aromatic heterocycles. The Balaban J connectivity index is 1.82. The van der Waals surface area contributed by atoms with E-state index in [0.29, 0.717) is 45.8 Å². The number of likely N-dealkylation sites (tertiary alicyclic amines) is 1. The van der Waals surface area contributed by atoms with Crippen molar-refractivity contribution in [3.05, 3.63) is 64.5 Å². The van der Waals surface area contributed by atoms with E-state index < -0.39 is 17.7 Å². The highest BCUT2D eigenvalue weighted by Gasteiger charge is 2.26. The summed E-state index contributed by atoms with van der Waals surface area (Å²) in [5.41, 5.74) is 1.47. The topological polar surface area (TPSA) is 73.6 Å². The van der Waals surface area contributed by atoms with Crippen molar-refractivity contribution in [1.29, 1.82) is 5.26 Å². The van der Waals surface area contributed by atoms with Gasteiger partial charge in [0.1, 0.15) is 11.9 Å². The summed E-state index contributed by atoms with van der Waals surface area (Å²) in [5.74, 6) is -1.36. The van der Waals surface area contributed by atoms with E-state index in [2.05, 4.69) is 0 Å². The first kappa shape index (κ1) is 21.9. The lowest BCUT2D eigenvalue weighted by atomic mass is 10.0. The van der Waals surface area contributed by atoms with E-state index in [0.717, 1.165) is 0 Å². The van der Waals surface area contributed by atoms with Crippen LogP contribution in [0.3, 0.4) is 0 Å². The minimum absolute atomic E-state index is 0.0837. The number of ether oxygens (including phenoxy) is 1. The van der Waals surface area contributed by atoms with Crippen LogP contribution in [0.1, 0.15) is 28.1 Å². The van der Waals surface area contributed by atoms with E-state index >= 15 is 0 Å². The second kappa shape index (κ2) is 9.07. The van der Waals surface area contributed by atoms with Gasteiger partial charge in [-0.2, -0.15) is 5.26 Å². The Morgan fingerprint density at radius 3 is 2.59 bits per heavy atom. The molecule has 0 radical (unpaired) electrons. The average Bonchev–Trinajstić information content (AvgIpc) is 3.24. The molecular formula is C24H20F2N2O3S. The Kier molecular flexibility index (Phi) is 6.21. The van der Waals surface area contributed by atoms with Gasteiger partial charge in [0, 0.05) is 23.5 Å². The van der Waals surface area contributed by atoms with Crippen LogP contribution in [0.2, 0.25) is 0 Å². The second-order valence-corrected chi connectivity index (χ2v) is 8.61. The third kappa shape index (κ3) is 4.22. The number of hydrogen-bond donors (Lipinski definition) is 1. The summed E-state index contributed by atoms with van der Waals surface area (Å²) in [4.78, 5) is 15.7. The fourth-order valence-electron chi connectivity index (χ4n) is 3.80. The maximum absolute atomic E-state index is 14.4. The smallest absolute Gasteiger partial charge is 0.264 e. The Morgan fingerprint density at radius 2 is 1.94 bits per heavy atom. The van der Waals surface area contributed by atoms with Crippen LogP contribution in [0.15, 0.2) is 42.5 Å². The predicted molar refractivity (Wildman–Crippen MR) is 118 cm³/mol. The summed E-state index contributed by atoms with van der Waals surface area (Å²) in [6.07, 6.45) is 0.804. The van der Waals surface area contributed by atoms with Gasteiger partial charge in [-0.25, -0.2) is 8.78 Å². The van der Waals surface area contributed by atoms with Crippen LogP contribution < -0.4 is 4.74 Å². The number of thiophene rings is 1. The minimum atomic E-state index is -0.671. The first-order chi connectivity index (χ1) is 15.4. The van der Waals surface area contributed by atoms with Crippen molar-refractivity contribution in [1.82, 2.24) is 4.90 Å². The molecule has 1 aliphatic heterocycles. The van der Waals surface area contributed by atoms with E-state index in [1.165, 1.54) is 42.7 Å². The van der Waals surface area contributed by atoms with Gasteiger partial charge in [0.05, 0.1) is 23.7 Å². The summed E-state index contributed by atoms with van der Waals surface area (Å²) < 4.78 is 33.7. The number of nitrogens with zero attached hydrogens (tertiary/aromatic N) is 2. The van der Waals surface area contributed by atoms with E-state index in [4.69, 9.17) is 10.00 Å². The molecule has 1 unspecified atom stereocenters. The van der Waals surface area contributed by atoms with Crippen LogP contribution in [0.5, 0.6) is 5.75 Å². The van der Waals surface area contributed by atoms with Crippen LogP contribution in [0, 0.1) is 23.0 Å². The Hall–Kier alpha value is -3.28. The van der Waals surface area contributed by atoms with Gasteiger partial charge >= 0.3 is 0 Å². The molecule has 1 aliphatic rings. The number of piperidine rings is 1. The first-order valence-corrected chi connectivity index (χ1v) is 10.9. The molecule has 1 fully saturated rings. The fraction of sp³-hybridized carbons (Fsp3) is 0.250. The maximum Gasteiger partial charge on any atom is 0.264 e. The summed E-state index contributed by atoms with van der Waals surface area (Å²) in [6, 6.07) is 12.2. The molecule has 5 nitrogen and oxygen atoms in total. The molecule has 0 aliphatic carbocycles. The number of halogens is 2. The van der Waals surface area contributed by atoms with Crippen molar-refractivity contribution in [2.45, 2.75) is 18.9 Å². The number of carbonyl (C=O) groups excluding carboxylic acids is 1. The van der Waals surface area contributed by atoms with Crippen LogP contribution >= 0.6 is 11.3 Å². The van der Waals surface area contributed by atoms with Gasteiger partial charge in [0.25, 0.3) is 5.91 Å². The normalized spacial score (nSPS) is 16.0. The Labute approximate surface area is 188 Å². The number of amides is 1. The van der Waals surface area contributed by atoms with Gasteiger partial charge in [-0.05, 0) is 60.4 Å². The van der Waals surface area contributed by atoms with Crippen LogP contribution in [0.4, 0.5) is 8.78 Å². The third-order valence-electron chi connectivity index (χ3n) is 5.44. The van der Waals surface area contributed by atoms with E-state index in [-0.39, 0.29) is 23.8 Å². The van der Waals surface area contributed by atoms with Gasteiger partial charge in [-0.3, -0.25) is 4.79 Å². The molecule has 0 saturated carbocycles. The van der Waals surface area contributed by atoms with Crippen molar-refractivity contribution < 1.29 is 23.4 Å². The minimum Gasteiger partial charge on any atom is -0.494 e. The zero-order valence-electron chi connectivity index (χ0n) is 17.3. The molecule has 164 valence electrons. The number of aliphatic hydroxyl groups is 1. The summed E-state index contributed by atoms with van der Waals surface area (Å²) in [7, 11) is 1.37. The maximum atomic E-state index is 14.4. The number of methoxy groups -OCH3 is 1. The van der Waals surface area contributed by atoms with E-state index in [1.54, 1.807) is 29.2 Å². The van der Waals surface area contributed by atoms with E-state index in [9.17, 15) is 18.7 Å². The van der Waals surface area contributed by atoms with Crippen molar-refractivity contribution >= 4 is 17.2 Å². The molecule has 8 heteroatoms. The summed E-state index contributed by atoms with van der Waals surface area (Å²) >= 11 is 1.18. The lowest BCUT2D eigenvalue weighted by Gasteiger charge is -2.29. The Morgan fingerprint density at radius 1 is 1.19 bits per heavy atom. The number of β-amino-alcohol motifs (C(OH)–C–C–N with tert-alkyl or cyclic N) is 1. The molecule has 32 heavy (non-hydrogen) atoms. The predicted octanol–water partition coefficient (Wildman–Crippen LogP) is 4.84. The Bertz CT molecular complexity index is 1220. The number of rotatable bonds is 4. The molecule has 0 spiro atoms. The van der Waals surface area contributed by atoms with Crippen molar-refractivity contribution in [2.24, 2.45) is 0 Å². The molecule has 3 aromatic rings. The van der Waals surface area contributed by atoms with Gasteiger partial charge in [-0.1, -0.05) is 6.07 Å². The average molecular weight is 454 g/mol. The number of hydrogen-bond acceptors (Lipinski definition) is 5. The van der Waals surface area contributed by atoms with Gasteiger partial charge in [0.2, 0.25) is 0 Å². The van der Waals surface area contributed by atoms with Crippen LogP contribution in [0.25, 0.3) is 21.6 Å². The highest BCUT2D eigenvalue weighted by Crippen LogP contribution is 2.41. The molecule has 2 aromatic carbocycles. The third-order valence-corrected chi connectivity index (χ3v) is 6.61. The molecular weight excluding hydrogens is 434 g/mol. The zero-order valence-corrected chi connectivity index (χ0v) is 18.1. The lowest BCUT2D eigenvalue weighted by Crippen LogP contribution is -2.41. The van der Waals surface area contributed by atoms with Crippen LogP contribution in [-0.4, -0.2) is 42.2 Å².